The van der Waals surface area contributed by atoms with Gasteiger partial charge in [0.2, 0.25) is 0 Å². The quantitative estimate of drug-likeness (QED) is 0.433. The fourth-order valence-corrected chi connectivity index (χ4v) is 3.54. The van der Waals surface area contributed by atoms with Gasteiger partial charge in [0.1, 0.15) is 0 Å². The number of carbonyl (C=O) groups is 2. The lowest BCUT2D eigenvalue weighted by Crippen LogP contribution is -2.30. The van der Waals surface area contributed by atoms with Crippen LogP contribution < -0.4 is 5.32 Å². The van der Waals surface area contributed by atoms with E-state index in [1.807, 2.05) is 57.2 Å². The minimum absolute atomic E-state index is 0.281. The van der Waals surface area contributed by atoms with Crippen LogP contribution in [0.5, 0.6) is 0 Å². The Bertz CT molecular complexity index is 767. The Labute approximate surface area is 163 Å². The van der Waals surface area contributed by atoms with Crippen LogP contribution >= 0.6 is 23.4 Å². The second kappa shape index (κ2) is 9.64. The molecular formula is C20H22ClNO3S. The summed E-state index contributed by atoms with van der Waals surface area (Å²) >= 11 is 7.46. The molecule has 6 heteroatoms. The summed E-state index contributed by atoms with van der Waals surface area (Å²) in [7, 11) is 0. The van der Waals surface area contributed by atoms with Crippen molar-refractivity contribution in [2.24, 2.45) is 0 Å². The van der Waals surface area contributed by atoms with E-state index in [4.69, 9.17) is 16.3 Å². The molecule has 2 aromatic rings. The number of rotatable bonds is 7. The smallest absolute Gasteiger partial charge is 0.339 e. The van der Waals surface area contributed by atoms with E-state index in [1.54, 1.807) is 11.8 Å². The zero-order chi connectivity index (χ0) is 19.1. The van der Waals surface area contributed by atoms with Crippen LogP contribution in [0.3, 0.4) is 0 Å². The van der Waals surface area contributed by atoms with Gasteiger partial charge in [0.15, 0.2) is 6.61 Å². The summed E-state index contributed by atoms with van der Waals surface area (Å²) in [6.45, 7) is 5.92. The fraction of sp³-hybridized carbons (Fsp3) is 0.300. The summed E-state index contributed by atoms with van der Waals surface area (Å²) in [5.41, 5.74) is 3.33. The van der Waals surface area contributed by atoms with Crippen LogP contribution in [0.4, 0.5) is 0 Å². The first-order valence-corrected chi connectivity index (χ1v) is 9.63. The SMILES string of the molecule is Cc1cc(C)c(C(=O)OCC(=O)NCCSc2ccc(Cl)cc2)c(C)c1. The third-order valence-corrected chi connectivity index (χ3v) is 4.99. The second-order valence-corrected chi connectivity index (χ2v) is 7.61. The first-order valence-electron chi connectivity index (χ1n) is 8.27. The molecule has 26 heavy (non-hydrogen) atoms. The Morgan fingerprint density at radius 1 is 1.08 bits per heavy atom. The van der Waals surface area contributed by atoms with Gasteiger partial charge in [0.25, 0.3) is 5.91 Å². The molecular weight excluding hydrogens is 370 g/mol. The molecule has 0 saturated heterocycles. The van der Waals surface area contributed by atoms with Crippen LogP contribution in [0.1, 0.15) is 27.0 Å². The molecule has 0 atom stereocenters. The van der Waals surface area contributed by atoms with E-state index in [9.17, 15) is 9.59 Å². The summed E-state index contributed by atoms with van der Waals surface area (Å²) in [5, 5.41) is 3.44. The number of esters is 1. The van der Waals surface area contributed by atoms with Crippen molar-refractivity contribution < 1.29 is 14.3 Å². The number of nitrogens with one attached hydrogen (secondary N) is 1. The molecule has 0 unspecified atom stereocenters. The van der Waals surface area contributed by atoms with Gasteiger partial charge in [-0.15, -0.1) is 11.8 Å². The lowest BCUT2D eigenvalue weighted by Gasteiger charge is -2.11. The Morgan fingerprint density at radius 3 is 2.31 bits per heavy atom. The van der Waals surface area contributed by atoms with Crippen molar-refractivity contribution in [3.63, 3.8) is 0 Å². The molecule has 0 fully saturated rings. The molecule has 1 amide bonds. The van der Waals surface area contributed by atoms with Crippen molar-refractivity contribution in [3.8, 4) is 0 Å². The molecule has 0 spiro atoms. The maximum atomic E-state index is 12.2. The number of aryl methyl sites for hydroxylation is 3. The fourth-order valence-electron chi connectivity index (χ4n) is 2.65. The number of benzene rings is 2. The van der Waals surface area contributed by atoms with Gasteiger partial charge in [-0.1, -0.05) is 29.3 Å². The predicted octanol–water partition coefficient (Wildman–Crippen LogP) is 4.33. The van der Waals surface area contributed by atoms with Gasteiger partial charge in [-0.25, -0.2) is 4.79 Å². The van der Waals surface area contributed by atoms with Gasteiger partial charge < -0.3 is 10.1 Å². The van der Waals surface area contributed by atoms with Crippen molar-refractivity contribution in [2.75, 3.05) is 18.9 Å². The molecule has 0 heterocycles. The predicted molar refractivity (Wildman–Crippen MR) is 106 cm³/mol. The average molecular weight is 392 g/mol. The second-order valence-electron chi connectivity index (χ2n) is 6.00. The molecule has 0 aliphatic heterocycles. The number of thioether (sulfide) groups is 1. The average Bonchev–Trinajstić information content (AvgIpc) is 2.57. The molecule has 0 aromatic heterocycles. The number of hydrogen-bond acceptors (Lipinski definition) is 4. The topological polar surface area (TPSA) is 55.4 Å². The molecule has 1 N–H and O–H groups in total. The van der Waals surface area contributed by atoms with E-state index in [1.165, 1.54) is 0 Å². The standard InChI is InChI=1S/C20H22ClNO3S/c1-13-10-14(2)19(15(3)11-13)20(24)25-12-18(23)22-8-9-26-17-6-4-16(21)5-7-17/h4-7,10-11H,8-9,12H2,1-3H3,(H,22,23). The highest BCUT2D eigenvalue weighted by Gasteiger charge is 2.15. The maximum Gasteiger partial charge on any atom is 0.339 e. The molecule has 0 bridgehead atoms. The molecule has 0 aliphatic carbocycles. The van der Waals surface area contributed by atoms with E-state index in [0.717, 1.165) is 27.3 Å². The summed E-state index contributed by atoms with van der Waals surface area (Å²) in [4.78, 5) is 25.2. The Hall–Kier alpha value is -1.98. The molecule has 2 aromatic carbocycles. The van der Waals surface area contributed by atoms with E-state index in [0.29, 0.717) is 17.1 Å². The van der Waals surface area contributed by atoms with E-state index in [-0.39, 0.29) is 12.5 Å². The van der Waals surface area contributed by atoms with Crippen LogP contribution in [0.2, 0.25) is 5.02 Å². The van der Waals surface area contributed by atoms with Gasteiger partial charge in [-0.2, -0.15) is 0 Å². The number of carbonyl (C=O) groups excluding carboxylic acids is 2. The maximum absolute atomic E-state index is 12.2. The van der Waals surface area contributed by atoms with E-state index in [2.05, 4.69) is 5.32 Å². The van der Waals surface area contributed by atoms with Gasteiger partial charge in [-0.3, -0.25) is 4.79 Å². The van der Waals surface area contributed by atoms with Gasteiger partial charge in [-0.05, 0) is 56.2 Å². The van der Waals surface area contributed by atoms with Crippen molar-refractivity contribution in [2.45, 2.75) is 25.7 Å². The number of hydrogen-bond donors (Lipinski definition) is 1. The lowest BCUT2D eigenvalue weighted by atomic mass is 10.00. The zero-order valence-corrected chi connectivity index (χ0v) is 16.7. The van der Waals surface area contributed by atoms with Gasteiger partial charge in [0.05, 0.1) is 5.56 Å². The highest BCUT2D eigenvalue weighted by Crippen LogP contribution is 2.20. The van der Waals surface area contributed by atoms with E-state index >= 15 is 0 Å². The summed E-state index contributed by atoms with van der Waals surface area (Å²) in [6.07, 6.45) is 0. The molecule has 0 aliphatic rings. The minimum Gasteiger partial charge on any atom is -0.452 e. The van der Waals surface area contributed by atoms with Crippen molar-refractivity contribution in [1.29, 1.82) is 0 Å². The third kappa shape index (κ3) is 6.07. The molecule has 2 rings (SSSR count). The van der Waals surface area contributed by atoms with Crippen LogP contribution in [-0.2, 0) is 9.53 Å². The monoisotopic (exact) mass is 391 g/mol. The summed E-state index contributed by atoms with van der Waals surface area (Å²) in [5.74, 6) is -0.0551. The largest absolute Gasteiger partial charge is 0.452 e. The van der Waals surface area contributed by atoms with Crippen LogP contribution in [0.15, 0.2) is 41.3 Å². The zero-order valence-electron chi connectivity index (χ0n) is 15.1. The Morgan fingerprint density at radius 2 is 1.69 bits per heavy atom. The van der Waals surface area contributed by atoms with Crippen molar-refractivity contribution >= 4 is 35.2 Å². The van der Waals surface area contributed by atoms with Crippen LogP contribution in [0.25, 0.3) is 0 Å². The van der Waals surface area contributed by atoms with Crippen LogP contribution in [0, 0.1) is 20.8 Å². The molecule has 0 saturated carbocycles. The van der Waals surface area contributed by atoms with E-state index < -0.39 is 5.97 Å². The van der Waals surface area contributed by atoms with Crippen LogP contribution in [-0.4, -0.2) is 30.8 Å². The van der Waals surface area contributed by atoms with Crippen molar-refractivity contribution in [1.82, 2.24) is 5.32 Å². The number of ether oxygens (including phenoxy) is 1. The van der Waals surface area contributed by atoms with Gasteiger partial charge >= 0.3 is 5.97 Å². The highest BCUT2D eigenvalue weighted by atomic mass is 35.5. The number of amides is 1. The molecule has 0 radical (unpaired) electrons. The minimum atomic E-state index is -0.467. The summed E-state index contributed by atoms with van der Waals surface area (Å²) < 4.78 is 5.15. The Balaban J connectivity index is 1.73. The van der Waals surface area contributed by atoms with Gasteiger partial charge in [0, 0.05) is 22.2 Å². The first kappa shape index (κ1) is 20.3. The summed E-state index contributed by atoms with van der Waals surface area (Å²) in [6, 6.07) is 11.4. The third-order valence-electron chi connectivity index (χ3n) is 3.72. The lowest BCUT2D eigenvalue weighted by molar-refractivity contribution is -0.124. The Kier molecular flexibility index (Phi) is 7.54. The molecule has 4 nitrogen and oxygen atoms in total. The highest BCUT2D eigenvalue weighted by molar-refractivity contribution is 7.99. The first-order chi connectivity index (χ1) is 12.4. The number of halogens is 1. The molecule has 138 valence electrons. The van der Waals surface area contributed by atoms with Crippen molar-refractivity contribution in [3.05, 3.63) is 63.7 Å². The normalized spacial score (nSPS) is 10.5.